The molecule has 5 N–H and O–H groups in total. The zero-order valence-corrected chi connectivity index (χ0v) is 19.1. The highest BCUT2D eigenvalue weighted by Gasteiger charge is 2.20. The van der Waals surface area contributed by atoms with Crippen LogP contribution in [-0.4, -0.2) is 44.5 Å². The number of nitrogen functional groups attached to an aromatic ring is 1. The van der Waals surface area contributed by atoms with Gasteiger partial charge in [-0.25, -0.2) is 14.3 Å². The molecule has 0 unspecified atom stereocenters. The number of imidazole rings is 1. The van der Waals surface area contributed by atoms with Crippen molar-refractivity contribution < 1.29 is 0 Å². The maximum absolute atomic E-state index is 6.29. The summed E-state index contributed by atoms with van der Waals surface area (Å²) in [6.45, 7) is 5.94. The van der Waals surface area contributed by atoms with Crippen LogP contribution in [0.2, 0.25) is 0 Å². The number of aromatic nitrogens is 3. The van der Waals surface area contributed by atoms with Crippen molar-refractivity contribution in [2.75, 3.05) is 25.4 Å². The van der Waals surface area contributed by atoms with Gasteiger partial charge in [0.05, 0.1) is 11.0 Å². The van der Waals surface area contributed by atoms with Crippen molar-refractivity contribution in [2.45, 2.75) is 51.6 Å². The summed E-state index contributed by atoms with van der Waals surface area (Å²) >= 11 is 1.36. The number of rotatable bonds is 9. The summed E-state index contributed by atoms with van der Waals surface area (Å²) in [6.07, 6.45) is 9.91. The van der Waals surface area contributed by atoms with E-state index < -0.39 is 0 Å². The average molecular weight is 440 g/mol. The zero-order valence-electron chi connectivity index (χ0n) is 18.3. The molecule has 0 amide bonds. The minimum absolute atomic E-state index is 0.505. The molecule has 1 aromatic carbocycles. The lowest BCUT2D eigenvalue weighted by molar-refractivity contribution is 0.300. The SMILES string of the molecule is CCCCc1nc2c(N)nc3ccccc3c2n1C/C=C/CN(SN)C1CCNCC1. The first kappa shape index (κ1) is 22.1. The van der Waals surface area contributed by atoms with Crippen LogP contribution in [0.25, 0.3) is 21.9 Å². The van der Waals surface area contributed by atoms with Crippen LogP contribution in [0.5, 0.6) is 0 Å². The molecule has 7 nitrogen and oxygen atoms in total. The predicted molar refractivity (Wildman–Crippen MR) is 132 cm³/mol. The normalized spacial score (nSPS) is 15.7. The second-order valence-electron chi connectivity index (χ2n) is 8.11. The van der Waals surface area contributed by atoms with Gasteiger partial charge in [0.2, 0.25) is 0 Å². The Morgan fingerprint density at radius 2 is 2.03 bits per heavy atom. The Morgan fingerprint density at radius 1 is 1.23 bits per heavy atom. The molecule has 0 radical (unpaired) electrons. The molecule has 1 aliphatic heterocycles. The molecule has 3 heterocycles. The van der Waals surface area contributed by atoms with Crippen molar-refractivity contribution >= 4 is 39.9 Å². The first-order chi connectivity index (χ1) is 15.2. The number of hydrogen-bond donors (Lipinski definition) is 3. The number of anilines is 1. The van der Waals surface area contributed by atoms with E-state index in [4.69, 9.17) is 15.9 Å². The van der Waals surface area contributed by atoms with Crippen LogP contribution in [0.1, 0.15) is 38.4 Å². The lowest BCUT2D eigenvalue weighted by Crippen LogP contribution is -2.40. The molecule has 0 aliphatic carbocycles. The fourth-order valence-electron chi connectivity index (χ4n) is 4.36. The molecular weight excluding hydrogens is 406 g/mol. The molecule has 4 rings (SSSR count). The minimum atomic E-state index is 0.505. The van der Waals surface area contributed by atoms with Crippen molar-refractivity contribution in [1.29, 1.82) is 0 Å². The molecule has 1 aliphatic rings. The van der Waals surface area contributed by atoms with Crippen molar-refractivity contribution in [3.05, 3.63) is 42.2 Å². The number of para-hydroxylation sites is 1. The second kappa shape index (κ2) is 10.5. The van der Waals surface area contributed by atoms with E-state index in [1.807, 2.05) is 18.2 Å². The van der Waals surface area contributed by atoms with Crippen molar-refractivity contribution in [3.63, 3.8) is 0 Å². The summed E-state index contributed by atoms with van der Waals surface area (Å²) in [5.41, 5.74) is 9.11. The average Bonchev–Trinajstić information content (AvgIpc) is 3.17. The summed E-state index contributed by atoms with van der Waals surface area (Å²) < 4.78 is 4.60. The van der Waals surface area contributed by atoms with E-state index in [2.05, 4.69) is 44.3 Å². The maximum Gasteiger partial charge on any atom is 0.152 e. The van der Waals surface area contributed by atoms with Gasteiger partial charge in [-0.1, -0.05) is 43.7 Å². The standard InChI is InChI=1S/C23H33N7S/c1-2-3-10-20-28-21-22(18-8-4-5-9-19(18)27-23(21)24)29(20)15-6-7-16-30(31-25)17-11-13-26-14-12-17/h4-9,17,26H,2-3,10-16,25H2,1H3,(H2,24,27)/b7-6+. The predicted octanol–water partition coefficient (Wildman–Crippen LogP) is 3.64. The Labute approximate surface area is 188 Å². The lowest BCUT2D eigenvalue weighted by Gasteiger charge is -2.31. The van der Waals surface area contributed by atoms with Crippen molar-refractivity contribution in [2.24, 2.45) is 5.14 Å². The van der Waals surface area contributed by atoms with Gasteiger partial charge in [0, 0.05) is 43.1 Å². The van der Waals surface area contributed by atoms with Gasteiger partial charge < -0.3 is 15.6 Å². The van der Waals surface area contributed by atoms with E-state index in [9.17, 15) is 0 Å². The smallest absolute Gasteiger partial charge is 0.152 e. The highest BCUT2D eigenvalue weighted by molar-refractivity contribution is 7.94. The Kier molecular flexibility index (Phi) is 7.45. The van der Waals surface area contributed by atoms with Gasteiger partial charge in [0.15, 0.2) is 5.82 Å². The fourth-order valence-corrected chi connectivity index (χ4v) is 4.91. The Hall–Kier alpha value is -2.13. The van der Waals surface area contributed by atoms with Gasteiger partial charge in [-0.3, -0.25) is 5.14 Å². The highest BCUT2D eigenvalue weighted by atomic mass is 32.2. The van der Waals surface area contributed by atoms with Crippen molar-refractivity contribution in [3.8, 4) is 0 Å². The molecule has 31 heavy (non-hydrogen) atoms. The van der Waals surface area contributed by atoms with Crippen molar-refractivity contribution in [1.82, 2.24) is 24.2 Å². The van der Waals surface area contributed by atoms with Crippen LogP contribution in [0.15, 0.2) is 36.4 Å². The number of benzene rings is 1. The van der Waals surface area contributed by atoms with Gasteiger partial charge in [0.1, 0.15) is 11.3 Å². The van der Waals surface area contributed by atoms with E-state index in [1.54, 1.807) is 0 Å². The number of nitrogens with zero attached hydrogens (tertiary/aromatic N) is 4. The lowest BCUT2D eigenvalue weighted by atomic mass is 10.1. The molecule has 0 atom stereocenters. The molecule has 0 saturated carbocycles. The molecule has 2 aromatic heterocycles. The molecular formula is C23H33N7S. The van der Waals surface area contributed by atoms with Crippen LogP contribution in [0.4, 0.5) is 5.82 Å². The van der Waals surface area contributed by atoms with Gasteiger partial charge in [-0.15, -0.1) is 0 Å². The van der Waals surface area contributed by atoms with Gasteiger partial charge in [-0.2, -0.15) is 0 Å². The minimum Gasteiger partial charge on any atom is -0.382 e. The largest absolute Gasteiger partial charge is 0.382 e. The number of allylic oxidation sites excluding steroid dienone is 1. The van der Waals surface area contributed by atoms with E-state index in [0.717, 1.165) is 86.0 Å². The molecule has 1 saturated heterocycles. The van der Waals surface area contributed by atoms with Crippen LogP contribution in [0.3, 0.4) is 0 Å². The summed E-state index contributed by atoms with van der Waals surface area (Å²) in [6, 6.07) is 8.70. The van der Waals surface area contributed by atoms with Crippen LogP contribution < -0.4 is 16.2 Å². The topological polar surface area (TPSA) is 98.0 Å². The highest BCUT2D eigenvalue weighted by Crippen LogP contribution is 2.29. The number of hydrogen-bond acceptors (Lipinski definition) is 7. The van der Waals surface area contributed by atoms with Gasteiger partial charge in [0.25, 0.3) is 0 Å². The van der Waals surface area contributed by atoms with Gasteiger partial charge >= 0.3 is 0 Å². The Morgan fingerprint density at radius 3 is 2.81 bits per heavy atom. The molecule has 1 fully saturated rings. The third-order valence-corrected chi connectivity index (χ3v) is 6.75. The molecule has 0 spiro atoms. The van der Waals surface area contributed by atoms with Gasteiger partial charge in [-0.05, 0) is 38.4 Å². The monoisotopic (exact) mass is 439 g/mol. The Balaban J connectivity index is 1.61. The first-order valence-corrected chi connectivity index (χ1v) is 12.1. The van der Waals surface area contributed by atoms with E-state index in [1.165, 1.54) is 12.1 Å². The fraction of sp³-hybridized carbons (Fsp3) is 0.478. The number of aryl methyl sites for hydroxylation is 1. The third kappa shape index (κ3) is 4.87. The number of nitrogens with one attached hydrogen (secondary N) is 1. The van der Waals surface area contributed by atoms with E-state index in [-0.39, 0.29) is 0 Å². The van der Waals surface area contributed by atoms with Crippen LogP contribution >= 0.6 is 12.1 Å². The summed E-state index contributed by atoms with van der Waals surface area (Å²) in [5.74, 6) is 1.58. The maximum atomic E-state index is 6.29. The summed E-state index contributed by atoms with van der Waals surface area (Å²) in [7, 11) is 0. The molecule has 0 bridgehead atoms. The number of fused-ring (bicyclic) bond motifs is 3. The van der Waals surface area contributed by atoms with E-state index >= 15 is 0 Å². The zero-order chi connectivity index (χ0) is 21.6. The number of pyridine rings is 1. The van der Waals surface area contributed by atoms with Crippen LogP contribution in [-0.2, 0) is 13.0 Å². The molecule has 8 heteroatoms. The van der Waals surface area contributed by atoms with Crippen LogP contribution in [0, 0.1) is 0 Å². The molecule has 166 valence electrons. The number of piperidine rings is 1. The summed E-state index contributed by atoms with van der Waals surface area (Å²) in [5, 5.41) is 10.5. The summed E-state index contributed by atoms with van der Waals surface area (Å²) in [4.78, 5) is 9.48. The number of unbranched alkanes of at least 4 members (excludes halogenated alkanes) is 1. The quantitative estimate of drug-likeness (QED) is 0.346. The number of nitrogens with two attached hydrogens (primary N) is 2. The Bertz CT molecular complexity index is 1040. The van der Waals surface area contributed by atoms with E-state index in [0.29, 0.717) is 11.9 Å². The third-order valence-electron chi connectivity index (χ3n) is 6.03. The first-order valence-electron chi connectivity index (χ1n) is 11.3. The second-order valence-corrected chi connectivity index (χ2v) is 8.79. The molecule has 3 aromatic rings.